The average molecular weight is 377 g/mol. The number of ether oxygens (including phenoxy) is 1. The molecule has 1 aliphatic rings. The summed E-state index contributed by atoms with van der Waals surface area (Å²) in [5, 5.41) is 3.45. The Morgan fingerprint density at radius 2 is 1.54 bits per heavy atom. The zero-order valence-corrected chi connectivity index (χ0v) is 17.1. The van der Waals surface area contributed by atoms with Crippen molar-refractivity contribution in [1.82, 2.24) is 10.2 Å². The number of rotatable bonds is 7. The first kappa shape index (κ1) is 23.5. The van der Waals surface area contributed by atoms with Crippen LogP contribution in [0.4, 0.5) is 0 Å². The lowest BCUT2D eigenvalue weighted by Crippen LogP contribution is -2.45. The van der Waals surface area contributed by atoms with E-state index in [2.05, 4.69) is 62.2 Å². The van der Waals surface area contributed by atoms with Crippen LogP contribution in [0.5, 0.6) is 5.75 Å². The van der Waals surface area contributed by atoms with Crippen LogP contribution in [0.3, 0.4) is 0 Å². The Morgan fingerprint density at radius 3 is 2.04 bits per heavy atom. The zero-order valence-electron chi connectivity index (χ0n) is 15.5. The van der Waals surface area contributed by atoms with Gasteiger partial charge in [0.15, 0.2) is 0 Å². The monoisotopic (exact) mass is 376 g/mol. The Labute approximate surface area is 160 Å². The minimum Gasteiger partial charge on any atom is -0.491 e. The minimum absolute atomic E-state index is 0. The van der Waals surface area contributed by atoms with Crippen LogP contribution in [-0.2, 0) is 0 Å². The normalized spacial score (nSPS) is 16.4. The molecular weight excluding hydrogens is 343 g/mol. The molecule has 1 aromatic carbocycles. The molecule has 1 atom stereocenters. The standard InChI is InChI=1S/C19H32N2O.2ClH/c1-15(2)5-10-19(21-13-11-20-12-14-21)17-6-8-18(9-7-17)22-16(3)4;;/h6-9,15-16,19-20H,5,10-14H2,1-4H3;2*1H/t19-;;/m1../s1. The number of halogens is 2. The summed E-state index contributed by atoms with van der Waals surface area (Å²) in [4.78, 5) is 2.64. The van der Waals surface area contributed by atoms with E-state index in [1.807, 2.05) is 0 Å². The van der Waals surface area contributed by atoms with E-state index in [0.29, 0.717) is 6.04 Å². The second-order valence-electron chi connectivity index (χ2n) is 7.01. The highest BCUT2D eigenvalue weighted by Gasteiger charge is 2.22. The van der Waals surface area contributed by atoms with Crippen molar-refractivity contribution < 1.29 is 4.74 Å². The summed E-state index contributed by atoms with van der Waals surface area (Å²) in [7, 11) is 0. The number of nitrogens with one attached hydrogen (secondary N) is 1. The Morgan fingerprint density at radius 1 is 0.958 bits per heavy atom. The van der Waals surface area contributed by atoms with E-state index in [4.69, 9.17) is 4.74 Å². The van der Waals surface area contributed by atoms with E-state index in [-0.39, 0.29) is 30.9 Å². The van der Waals surface area contributed by atoms with E-state index < -0.39 is 0 Å². The van der Waals surface area contributed by atoms with E-state index in [9.17, 15) is 0 Å². The second kappa shape index (κ2) is 12.0. The fourth-order valence-corrected chi connectivity index (χ4v) is 3.09. The van der Waals surface area contributed by atoms with Crippen LogP contribution < -0.4 is 10.1 Å². The number of hydrogen-bond donors (Lipinski definition) is 1. The van der Waals surface area contributed by atoms with Gasteiger partial charge in [-0.2, -0.15) is 0 Å². The first-order valence-electron chi connectivity index (χ1n) is 8.77. The van der Waals surface area contributed by atoms with Gasteiger partial charge in [0.1, 0.15) is 5.75 Å². The molecule has 1 fully saturated rings. The van der Waals surface area contributed by atoms with Crippen molar-refractivity contribution in [2.75, 3.05) is 26.2 Å². The summed E-state index contributed by atoms with van der Waals surface area (Å²) in [6, 6.07) is 9.30. The molecule has 0 saturated carbocycles. The van der Waals surface area contributed by atoms with Gasteiger partial charge in [-0.25, -0.2) is 0 Å². The largest absolute Gasteiger partial charge is 0.491 e. The lowest BCUT2D eigenvalue weighted by Gasteiger charge is -2.35. The van der Waals surface area contributed by atoms with Gasteiger partial charge in [-0.1, -0.05) is 26.0 Å². The lowest BCUT2D eigenvalue weighted by molar-refractivity contribution is 0.159. The molecule has 1 N–H and O–H groups in total. The lowest BCUT2D eigenvalue weighted by atomic mass is 9.95. The number of hydrogen-bond acceptors (Lipinski definition) is 3. The third-order valence-electron chi connectivity index (χ3n) is 4.25. The highest BCUT2D eigenvalue weighted by Crippen LogP contribution is 2.29. The molecule has 1 saturated heterocycles. The quantitative estimate of drug-likeness (QED) is 0.745. The Bertz CT molecular complexity index is 431. The maximum atomic E-state index is 5.77. The van der Waals surface area contributed by atoms with Crippen LogP contribution in [0.1, 0.15) is 52.1 Å². The molecule has 1 aromatic rings. The SMILES string of the molecule is CC(C)CC[C@H](c1ccc(OC(C)C)cc1)N1CCNCC1.Cl.Cl. The average Bonchev–Trinajstić information content (AvgIpc) is 2.49. The first-order chi connectivity index (χ1) is 10.6. The maximum Gasteiger partial charge on any atom is 0.119 e. The molecule has 24 heavy (non-hydrogen) atoms. The first-order valence-corrected chi connectivity index (χ1v) is 8.77. The number of nitrogens with zero attached hydrogens (tertiary/aromatic N) is 1. The zero-order chi connectivity index (χ0) is 15.9. The van der Waals surface area contributed by atoms with E-state index in [1.54, 1.807) is 0 Å². The van der Waals surface area contributed by atoms with Gasteiger partial charge in [0.05, 0.1) is 6.10 Å². The molecule has 0 aliphatic carbocycles. The minimum atomic E-state index is 0. The van der Waals surface area contributed by atoms with Crippen LogP contribution in [0.2, 0.25) is 0 Å². The Hall–Kier alpha value is -0.480. The van der Waals surface area contributed by atoms with Crippen LogP contribution in [0.25, 0.3) is 0 Å². The molecule has 0 aromatic heterocycles. The molecule has 0 unspecified atom stereocenters. The van der Waals surface area contributed by atoms with Crippen molar-refractivity contribution >= 4 is 24.8 Å². The van der Waals surface area contributed by atoms with Crippen molar-refractivity contribution in [3.05, 3.63) is 29.8 Å². The van der Waals surface area contributed by atoms with Gasteiger partial charge in [-0.15, -0.1) is 24.8 Å². The summed E-state index contributed by atoms with van der Waals surface area (Å²) in [5.41, 5.74) is 1.43. The summed E-state index contributed by atoms with van der Waals surface area (Å²) < 4.78 is 5.77. The van der Waals surface area contributed by atoms with Gasteiger partial charge in [0.2, 0.25) is 0 Å². The van der Waals surface area contributed by atoms with Crippen molar-refractivity contribution in [1.29, 1.82) is 0 Å². The third-order valence-corrected chi connectivity index (χ3v) is 4.25. The predicted molar refractivity (Wildman–Crippen MR) is 108 cm³/mol. The second-order valence-corrected chi connectivity index (χ2v) is 7.01. The Balaban J connectivity index is 0.00000264. The molecular formula is C19H34Cl2N2O. The van der Waals surface area contributed by atoms with Gasteiger partial charge >= 0.3 is 0 Å². The topological polar surface area (TPSA) is 24.5 Å². The van der Waals surface area contributed by atoms with Crippen LogP contribution in [0.15, 0.2) is 24.3 Å². The van der Waals surface area contributed by atoms with E-state index in [0.717, 1.165) is 37.8 Å². The van der Waals surface area contributed by atoms with Gasteiger partial charge in [0.25, 0.3) is 0 Å². The highest BCUT2D eigenvalue weighted by atomic mass is 35.5. The molecule has 0 radical (unpaired) electrons. The molecule has 5 heteroatoms. The summed E-state index contributed by atoms with van der Waals surface area (Å²) in [6.07, 6.45) is 2.75. The van der Waals surface area contributed by atoms with Gasteiger partial charge in [0, 0.05) is 32.2 Å². The number of benzene rings is 1. The molecule has 1 aliphatic heterocycles. The van der Waals surface area contributed by atoms with Crippen molar-refractivity contribution in [3.63, 3.8) is 0 Å². The molecule has 1 heterocycles. The number of piperazine rings is 1. The molecule has 3 nitrogen and oxygen atoms in total. The molecule has 0 bridgehead atoms. The third kappa shape index (κ3) is 7.60. The van der Waals surface area contributed by atoms with Crippen molar-refractivity contribution in [2.45, 2.75) is 52.7 Å². The fraction of sp³-hybridized carbons (Fsp3) is 0.684. The fourth-order valence-electron chi connectivity index (χ4n) is 3.09. The van der Waals surface area contributed by atoms with Crippen molar-refractivity contribution in [2.24, 2.45) is 5.92 Å². The van der Waals surface area contributed by atoms with Crippen molar-refractivity contribution in [3.8, 4) is 5.75 Å². The maximum absolute atomic E-state index is 5.77. The highest BCUT2D eigenvalue weighted by molar-refractivity contribution is 5.85. The van der Waals surface area contributed by atoms with Gasteiger partial charge in [-0.05, 0) is 50.3 Å². The predicted octanol–water partition coefficient (Wildman–Crippen LogP) is 4.70. The molecule has 0 spiro atoms. The van der Waals surface area contributed by atoms with Crippen LogP contribution in [-0.4, -0.2) is 37.2 Å². The van der Waals surface area contributed by atoms with Crippen LogP contribution in [0, 0.1) is 5.92 Å². The summed E-state index contributed by atoms with van der Waals surface area (Å²) >= 11 is 0. The summed E-state index contributed by atoms with van der Waals surface area (Å²) in [6.45, 7) is 13.3. The van der Waals surface area contributed by atoms with E-state index in [1.165, 1.54) is 18.4 Å². The van der Waals surface area contributed by atoms with E-state index >= 15 is 0 Å². The molecule has 2 rings (SSSR count). The summed E-state index contributed by atoms with van der Waals surface area (Å²) in [5.74, 6) is 1.73. The van der Waals surface area contributed by atoms with Crippen LogP contribution >= 0.6 is 24.8 Å². The van der Waals surface area contributed by atoms with Gasteiger partial charge < -0.3 is 10.1 Å². The molecule has 140 valence electrons. The molecule has 0 amide bonds. The van der Waals surface area contributed by atoms with Gasteiger partial charge in [-0.3, -0.25) is 4.90 Å². The smallest absolute Gasteiger partial charge is 0.119 e. The Kier molecular flexibility index (Phi) is 11.7.